The monoisotopic (exact) mass is 321 g/mol. The number of fused-ring (bicyclic) bond motifs is 3. The molecule has 0 radical (unpaired) electrons. The first-order valence-corrected chi connectivity index (χ1v) is 8.65. The number of urea groups is 1. The van der Waals surface area contributed by atoms with Gasteiger partial charge in [-0.15, -0.1) is 0 Å². The van der Waals surface area contributed by atoms with Crippen molar-refractivity contribution in [2.45, 2.75) is 32.7 Å². The molecule has 0 spiro atoms. The first-order chi connectivity index (χ1) is 11.6. The van der Waals surface area contributed by atoms with Gasteiger partial charge < -0.3 is 10.2 Å². The summed E-state index contributed by atoms with van der Waals surface area (Å²) in [6, 6.07) is 14.7. The molecule has 2 aromatic carbocycles. The van der Waals surface area contributed by atoms with Gasteiger partial charge in [-0.1, -0.05) is 24.3 Å². The van der Waals surface area contributed by atoms with Gasteiger partial charge in [-0.3, -0.25) is 4.90 Å². The zero-order valence-corrected chi connectivity index (χ0v) is 14.2. The minimum Gasteiger partial charge on any atom is -0.365 e. The van der Waals surface area contributed by atoms with Gasteiger partial charge in [0, 0.05) is 24.8 Å². The van der Waals surface area contributed by atoms with Crippen LogP contribution in [0.25, 0.3) is 0 Å². The van der Waals surface area contributed by atoms with Crippen molar-refractivity contribution >= 4 is 23.1 Å². The van der Waals surface area contributed by atoms with E-state index in [-0.39, 0.29) is 6.03 Å². The number of hydrogen-bond donors (Lipinski definition) is 1. The average Bonchev–Trinajstić information content (AvgIpc) is 3.07. The van der Waals surface area contributed by atoms with Crippen LogP contribution in [0, 0.1) is 13.8 Å². The summed E-state index contributed by atoms with van der Waals surface area (Å²) in [4.78, 5) is 17.3. The number of nitrogens with zero attached hydrogens (tertiary/aromatic N) is 2. The molecule has 1 atom stereocenters. The van der Waals surface area contributed by atoms with Gasteiger partial charge in [0.15, 0.2) is 0 Å². The van der Waals surface area contributed by atoms with Gasteiger partial charge in [0.05, 0.1) is 11.4 Å². The van der Waals surface area contributed by atoms with Gasteiger partial charge in [-0.2, -0.15) is 0 Å². The molecule has 4 heteroatoms. The summed E-state index contributed by atoms with van der Waals surface area (Å²) >= 11 is 0. The van der Waals surface area contributed by atoms with Crippen molar-refractivity contribution in [1.82, 2.24) is 0 Å². The van der Waals surface area contributed by atoms with E-state index in [4.69, 9.17) is 0 Å². The van der Waals surface area contributed by atoms with E-state index in [9.17, 15) is 4.79 Å². The Kier molecular flexibility index (Phi) is 3.68. The lowest BCUT2D eigenvalue weighted by Crippen LogP contribution is -2.49. The van der Waals surface area contributed by atoms with Crippen LogP contribution < -0.4 is 15.1 Å². The van der Waals surface area contributed by atoms with Crippen LogP contribution in [0.3, 0.4) is 0 Å². The second-order valence-corrected chi connectivity index (χ2v) is 6.77. The number of benzene rings is 2. The number of carbonyl (C=O) groups is 1. The van der Waals surface area contributed by atoms with E-state index in [0.717, 1.165) is 36.4 Å². The van der Waals surface area contributed by atoms with Gasteiger partial charge >= 0.3 is 6.03 Å². The fourth-order valence-electron chi connectivity index (χ4n) is 3.85. The lowest BCUT2D eigenvalue weighted by molar-refractivity contribution is 0.256. The highest BCUT2D eigenvalue weighted by Gasteiger charge is 2.36. The number of amides is 2. The van der Waals surface area contributed by atoms with Crippen LogP contribution in [0.1, 0.15) is 24.0 Å². The van der Waals surface area contributed by atoms with E-state index in [2.05, 4.69) is 35.3 Å². The maximum atomic E-state index is 13.0. The molecule has 1 fully saturated rings. The Morgan fingerprint density at radius 2 is 1.88 bits per heavy atom. The number of rotatable bonds is 1. The minimum absolute atomic E-state index is 0.0392. The summed E-state index contributed by atoms with van der Waals surface area (Å²) in [5, 5.41) is 3.11. The number of anilines is 3. The van der Waals surface area contributed by atoms with E-state index >= 15 is 0 Å². The predicted molar refractivity (Wildman–Crippen MR) is 99.1 cm³/mol. The second-order valence-electron chi connectivity index (χ2n) is 6.77. The van der Waals surface area contributed by atoms with Crippen molar-refractivity contribution in [1.29, 1.82) is 0 Å². The SMILES string of the molecule is Cc1cccc(NC(=O)N2C[C@H]3CCCN3c3ccccc32)c1C. The average molecular weight is 321 g/mol. The molecule has 0 aliphatic carbocycles. The Hall–Kier alpha value is -2.49. The van der Waals surface area contributed by atoms with E-state index in [1.807, 2.05) is 36.1 Å². The van der Waals surface area contributed by atoms with E-state index in [0.29, 0.717) is 6.04 Å². The third-order valence-electron chi connectivity index (χ3n) is 5.34. The first kappa shape index (κ1) is 15.1. The van der Waals surface area contributed by atoms with Crippen molar-refractivity contribution in [2.75, 3.05) is 28.2 Å². The predicted octanol–water partition coefficient (Wildman–Crippen LogP) is 4.32. The molecule has 0 saturated carbocycles. The smallest absolute Gasteiger partial charge is 0.326 e. The largest absolute Gasteiger partial charge is 0.365 e. The van der Waals surface area contributed by atoms with Gasteiger partial charge in [0.2, 0.25) is 0 Å². The molecule has 0 unspecified atom stereocenters. The molecule has 0 bridgehead atoms. The van der Waals surface area contributed by atoms with Gasteiger partial charge in [-0.25, -0.2) is 4.79 Å². The summed E-state index contributed by atoms with van der Waals surface area (Å²) in [5.41, 5.74) is 5.40. The minimum atomic E-state index is -0.0392. The topological polar surface area (TPSA) is 35.6 Å². The summed E-state index contributed by atoms with van der Waals surface area (Å²) in [5.74, 6) is 0. The quantitative estimate of drug-likeness (QED) is 0.849. The number of nitrogens with one attached hydrogen (secondary N) is 1. The fraction of sp³-hybridized carbons (Fsp3) is 0.350. The van der Waals surface area contributed by atoms with Crippen LogP contribution in [0.2, 0.25) is 0 Å². The number of aryl methyl sites for hydroxylation is 1. The van der Waals surface area contributed by atoms with Crippen LogP contribution in [-0.4, -0.2) is 25.2 Å². The van der Waals surface area contributed by atoms with E-state index < -0.39 is 0 Å². The van der Waals surface area contributed by atoms with Gasteiger partial charge in [-0.05, 0) is 56.0 Å². The molecule has 2 aliphatic heterocycles. The molecule has 4 rings (SSSR count). The summed E-state index contributed by atoms with van der Waals surface area (Å²) in [6.07, 6.45) is 2.35. The second kappa shape index (κ2) is 5.86. The molecule has 2 aliphatic rings. The molecule has 4 nitrogen and oxygen atoms in total. The standard InChI is InChI=1S/C20H23N3O/c1-14-7-5-9-17(15(14)2)21-20(24)23-13-16-8-6-12-22(16)18-10-3-4-11-19(18)23/h3-5,7,9-11,16H,6,8,12-13H2,1-2H3,(H,21,24)/t16-/m1/s1. The Morgan fingerprint density at radius 1 is 1.08 bits per heavy atom. The third-order valence-corrected chi connectivity index (χ3v) is 5.34. The normalized spacial score (nSPS) is 19.0. The summed E-state index contributed by atoms with van der Waals surface area (Å²) in [6.45, 7) is 5.97. The molecule has 124 valence electrons. The maximum Gasteiger partial charge on any atom is 0.326 e. The van der Waals surface area contributed by atoms with Crippen LogP contribution in [0.4, 0.5) is 21.9 Å². The van der Waals surface area contributed by atoms with Crippen molar-refractivity contribution < 1.29 is 4.79 Å². The third kappa shape index (κ3) is 2.42. The number of para-hydroxylation sites is 2. The molecule has 1 N–H and O–H groups in total. The Labute approximate surface area is 143 Å². The zero-order chi connectivity index (χ0) is 16.7. The molecule has 24 heavy (non-hydrogen) atoms. The maximum absolute atomic E-state index is 13.0. The molecule has 2 heterocycles. The van der Waals surface area contributed by atoms with Crippen LogP contribution in [0.15, 0.2) is 42.5 Å². The Bertz CT molecular complexity index is 786. The zero-order valence-electron chi connectivity index (χ0n) is 14.2. The van der Waals surface area contributed by atoms with Crippen molar-refractivity contribution in [3.05, 3.63) is 53.6 Å². The molecule has 1 saturated heterocycles. The lowest BCUT2D eigenvalue weighted by Gasteiger charge is -2.40. The summed E-state index contributed by atoms with van der Waals surface area (Å²) in [7, 11) is 0. The summed E-state index contributed by atoms with van der Waals surface area (Å²) < 4.78 is 0. The van der Waals surface area contributed by atoms with Crippen LogP contribution in [0.5, 0.6) is 0 Å². The van der Waals surface area contributed by atoms with Crippen LogP contribution >= 0.6 is 0 Å². The number of hydrogen-bond acceptors (Lipinski definition) is 2. The highest BCUT2D eigenvalue weighted by Crippen LogP contribution is 2.39. The van der Waals surface area contributed by atoms with Gasteiger partial charge in [0.1, 0.15) is 0 Å². The Balaban J connectivity index is 1.65. The first-order valence-electron chi connectivity index (χ1n) is 8.65. The van der Waals surface area contributed by atoms with Crippen molar-refractivity contribution in [2.24, 2.45) is 0 Å². The molecule has 2 amide bonds. The highest BCUT2D eigenvalue weighted by atomic mass is 16.2. The van der Waals surface area contributed by atoms with Crippen LogP contribution in [-0.2, 0) is 0 Å². The van der Waals surface area contributed by atoms with E-state index in [1.54, 1.807) is 0 Å². The Morgan fingerprint density at radius 3 is 2.71 bits per heavy atom. The number of carbonyl (C=O) groups excluding carboxylic acids is 1. The van der Waals surface area contributed by atoms with Crippen molar-refractivity contribution in [3.8, 4) is 0 Å². The molecular formula is C20H23N3O. The van der Waals surface area contributed by atoms with Crippen molar-refractivity contribution in [3.63, 3.8) is 0 Å². The molecule has 0 aromatic heterocycles. The fourth-order valence-corrected chi connectivity index (χ4v) is 3.85. The highest BCUT2D eigenvalue weighted by molar-refractivity contribution is 6.05. The molecule has 2 aromatic rings. The van der Waals surface area contributed by atoms with E-state index in [1.165, 1.54) is 17.7 Å². The van der Waals surface area contributed by atoms with Gasteiger partial charge in [0.25, 0.3) is 0 Å². The lowest BCUT2D eigenvalue weighted by atomic mass is 10.1. The molecular weight excluding hydrogens is 298 g/mol.